The van der Waals surface area contributed by atoms with Crippen molar-refractivity contribution < 1.29 is 24.0 Å². The Hall–Kier alpha value is -3.00. The number of benzene rings is 1. The van der Waals surface area contributed by atoms with E-state index < -0.39 is 23.7 Å². The summed E-state index contributed by atoms with van der Waals surface area (Å²) in [7, 11) is 0. The number of nitrogens with zero attached hydrogens (tertiary/aromatic N) is 2. The van der Waals surface area contributed by atoms with Crippen molar-refractivity contribution in [3.8, 4) is 0 Å². The van der Waals surface area contributed by atoms with Gasteiger partial charge in [0.05, 0.1) is 21.9 Å². The number of likely N-dealkylation sites (tertiary alicyclic amines) is 1. The molecule has 0 aliphatic carbocycles. The molecule has 0 bridgehead atoms. The van der Waals surface area contributed by atoms with Crippen molar-refractivity contribution in [3.63, 3.8) is 0 Å². The van der Waals surface area contributed by atoms with Crippen LogP contribution in [0.4, 0.5) is 0 Å². The Labute approximate surface area is 159 Å². The summed E-state index contributed by atoms with van der Waals surface area (Å²) in [6.07, 6.45) is 1.19. The highest BCUT2D eigenvalue weighted by Gasteiger charge is 2.40. The zero-order chi connectivity index (χ0) is 19.0. The number of rotatable bonds is 3. The lowest BCUT2D eigenvalue weighted by Crippen LogP contribution is -2.44. The van der Waals surface area contributed by atoms with Gasteiger partial charge in [-0.2, -0.15) is 0 Å². The summed E-state index contributed by atoms with van der Waals surface area (Å²) in [5.41, 5.74) is 0.432. The molecule has 1 unspecified atom stereocenters. The Morgan fingerprint density at radius 3 is 2.37 bits per heavy atom. The lowest BCUT2D eigenvalue weighted by molar-refractivity contribution is -0.175. The average Bonchev–Trinajstić information content (AvgIpc) is 3.32. The van der Waals surface area contributed by atoms with Gasteiger partial charge in [0.2, 0.25) is 0 Å². The maximum Gasteiger partial charge on any atom is 0.338 e. The van der Waals surface area contributed by atoms with Gasteiger partial charge in [0.25, 0.3) is 17.7 Å². The SMILES string of the molecule is O=C(ON1C(=O)c2ccccc2C1=O)C1CCCN(C(=O)c2cccs2)C1. The minimum atomic E-state index is -0.673. The van der Waals surface area contributed by atoms with Gasteiger partial charge < -0.3 is 9.74 Å². The molecule has 0 spiro atoms. The fourth-order valence-electron chi connectivity index (χ4n) is 3.32. The molecule has 138 valence electrons. The third-order valence-electron chi connectivity index (χ3n) is 4.71. The molecule has 2 aliphatic heterocycles. The van der Waals surface area contributed by atoms with Crippen LogP contribution in [-0.4, -0.2) is 46.7 Å². The molecule has 1 aromatic carbocycles. The highest BCUT2D eigenvalue weighted by atomic mass is 32.1. The number of thiophene rings is 1. The number of amides is 3. The van der Waals surface area contributed by atoms with E-state index in [1.165, 1.54) is 23.5 Å². The van der Waals surface area contributed by atoms with Crippen molar-refractivity contribution in [3.05, 3.63) is 57.8 Å². The van der Waals surface area contributed by atoms with Crippen molar-refractivity contribution in [1.29, 1.82) is 0 Å². The van der Waals surface area contributed by atoms with Gasteiger partial charge in [0.15, 0.2) is 0 Å². The fraction of sp³-hybridized carbons (Fsp3) is 0.263. The quantitative estimate of drug-likeness (QED) is 0.759. The van der Waals surface area contributed by atoms with E-state index in [2.05, 4.69) is 0 Å². The highest BCUT2D eigenvalue weighted by molar-refractivity contribution is 7.12. The summed E-state index contributed by atoms with van der Waals surface area (Å²) >= 11 is 1.35. The van der Waals surface area contributed by atoms with Crippen LogP contribution in [0.1, 0.15) is 43.2 Å². The number of piperidine rings is 1. The van der Waals surface area contributed by atoms with E-state index in [-0.39, 0.29) is 23.6 Å². The Morgan fingerprint density at radius 2 is 1.74 bits per heavy atom. The molecule has 1 fully saturated rings. The van der Waals surface area contributed by atoms with Crippen LogP contribution in [-0.2, 0) is 9.63 Å². The monoisotopic (exact) mass is 384 g/mol. The van der Waals surface area contributed by atoms with Crippen LogP contribution >= 0.6 is 11.3 Å². The lowest BCUT2D eigenvalue weighted by Gasteiger charge is -2.31. The predicted octanol–water partition coefficient (Wildman–Crippen LogP) is 2.35. The van der Waals surface area contributed by atoms with Gasteiger partial charge >= 0.3 is 5.97 Å². The van der Waals surface area contributed by atoms with Crippen LogP contribution in [0.2, 0.25) is 0 Å². The molecule has 2 aliphatic rings. The molecule has 1 atom stereocenters. The summed E-state index contributed by atoms with van der Waals surface area (Å²) in [4.78, 5) is 57.0. The van der Waals surface area contributed by atoms with Gasteiger partial charge in [0, 0.05) is 13.1 Å². The van der Waals surface area contributed by atoms with E-state index in [0.29, 0.717) is 29.3 Å². The summed E-state index contributed by atoms with van der Waals surface area (Å²) in [5, 5.41) is 2.35. The molecule has 7 nitrogen and oxygen atoms in total. The van der Waals surface area contributed by atoms with E-state index >= 15 is 0 Å². The van der Waals surface area contributed by atoms with Gasteiger partial charge in [-0.1, -0.05) is 23.3 Å². The fourth-order valence-corrected chi connectivity index (χ4v) is 4.02. The van der Waals surface area contributed by atoms with E-state index in [1.54, 1.807) is 29.2 Å². The molecule has 2 aromatic rings. The first-order valence-corrected chi connectivity index (χ1v) is 9.46. The largest absolute Gasteiger partial charge is 0.338 e. The molecule has 3 heterocycles. The second-order valence-electron chi connectivity index (χ2n) is 6.43. The van der Waals surface area contributed by atoms with Gasteiger partial charge in [-0.15, -0.1) is 11.3 Å². The number of hydroxylamine groups is 2. The molecule has 0 radical (unpaired) electrons. The molecule has 0 saturated carbocycles. The van der Waals surface area contributed by atoms with Gasteiger partial charge in [-0.25, -0.2) is 4.79 Å². The van der Waals surface area contributed by atoms with Crippen LogP contribution in [0.25, 0.3) is 0 Å². The topological polar surface area (TPSA) is 84.0 Å². The van der Waals surface area contributed by atoms with Crippen LogP contribution in [0.5, 0.6) is 0 Å². The third-order valence-corrected chi connectivity index (χ3v) is 5.57. The summed E-state index contributed by atoms with van der Waals surface area (Å²) in [6.45, 7) is 0.770. The first-order chi connectivity index (χ1) is 13.1. The number of hydrogen-bond donors (Lipinski definition) is 0. The maximum atomic E-state index is 12.5. The van der Waals surface area contributed by atoms with Crippen LogP contribution in [0.3, 0.4) is 0 Å². The second kappa shape index (κ2) is 6.96. The van der Waals surface area contributed by atoms with Gasteiger partial charge in [0.1, 0.15) is 0 Å². The second-order valence-corrected chi connectivity index (χ2v) is 7.38. The van der Waals surface area contributed by atoms with E-state index in [1.807, 2.05) is 5.38 Å². The van der Waals surface area contributed by atoms with Crippen molar-refractivity contribution >= 4 is 35.0 Å². The number of imide groups is 1. The van der Waals surface area contributed by atoms with Crippen LogP contribution in [0.15, 0.2) is 41.8 Å². The van der Waals surface area contributed by atoms with E-state index in [0.717, 1.165) is 0 Å². The molecule has 1 aromatic heterocycles. The number of carbonyl (C=O) groups excluding carboxylic acids is 4. The highest BCUT2D eigenvalue weighted by Crippen LogP contribution is 2.26. The maximum absolute atomic E-state index is 12.5. The lowest BCUT2D eigenvalue weighted by atomic mass is 9.98. The van der Waals surface area contributed by atoms with Gasteiger partial charge in [-0.05, 0) is 36.4 Å². The molecule has 27 heavy (non-hydrogen) atoms. The minimum absolute atomic E-state index is 0.122. The summed E-state index contributed by atoms with van der Waals surface area (Å²) in [5.74, 6) is -2.67. The molecule has 3 amide bonds. The number of fused-ring (bicyclic) bond motifs is 1. The number of carbonyl (C=O) groups is 4. The third kappa shape index (κ3) is 3.12. The molecule has 1 saturated heterocycles. The normalized spacial score (nSPS) is 19.2. The summed E-state index contributed by atoms with van der Waals surface area (Å²) in [6, 6.07) is 9.87. The molecular weight excluding hydrogens is 368 g/mol. The Balaban J connectivity index is 1.44. The average molecular weight is 384 g/mol. The van der Waals surface area contributed by atoms with Crippen molar-refractivity contribution in [2.45, 2.75) is 12.8 Å². The Morgan fingerprint density at radius 1 is 1.04 bits per heavy atom. The molecule has 4 rings (SSSR count). The van der Waals surface area contributed by atoms with Crippen LogP contribution < -0.4 is 0 Å². The Kier molecular flexibility index (Phi) is 4.49. The van der Waals surface area contributed by atoms with Crippen molar-refractivity contribution in [1.82, 2.24) is 9.96 Å². The van der Waals surface area contributed by atoms with Gasteiger partial charge in [-0.3, -0.25) is 14.4 Å². The predicted molar refractivity (Wildman–Crippen MR) is 96.0 cm³/mol. The zero-order valence-corrected chi connectivity index (χ0v) is 15.1. The standard InChI is InChI=1S/C19H16N2O5S/c22-16-13-6-1-2-7-14(13)17(23)21(16)26-19(25)12-5-3-9-20(11-12)18(24)15-8-4-10-27-15/h1-2,4,6-8,10,12H,3,5,9,11H2. The minimum Gasteiger partial charge on any atom is -0.337 e. The van der Waals surface area contributed by atoms with Crippen LogP contribution in [0, 0.1) is 5.92 Å². The zero-order valence-electron chi connectivity index (χ0n) is 14.3. The van der Waals surface area contributed by atoms with E-state index in [9.17, 15) is 19.2 Å². The smallest absolute Gasteiger partial charge is 0.337 e. The number of hydrogen-bond acceptors (Lipinski definition) is 6. The first kappa shape index (κ1) is 17.4. The van der Waals surface area contributed by atoms with Crippen molar-refractivity contribution in [2.24, 2.45) is 5.92 Å². The molecule has 0 N–H and O–H groups in total. The van der Waals surface area contributed by atoms with E-state index in [4.69, 9.17) is 4.84 Å². The Bertz CT molecular complexity index is 889. The molecule has 8 heteroatoms. The first-order valence-electron chi connectivity index (χ1n) is 8.58. The molecular formula is C19H16N2O5S. The van der Waals surface area contributed by atoms with Crippen molar-refractivity contribution in [2.75, 3.05) is 13.1 Å². The summed E-state index contributed by atoms with van der Waals surface area (Å²) < 4.78 is 0.